The quantitative estimate of drug-likeness (QED) is 0.836. The van der Waals surface area contributed by atoms with E-state index in [1.54, 1.807) is 6.92 Å². The molecule has 0 saturated carbocycles. The van der Waals surface area contributed by atoms with Crippen LogP contribution >= 0.6 is 0 Å². The van der Waals surface area contributed by atoms with Crippen molar-refractivity contribution in [1.82, 2.24) is 0 Å². The minimum absolute atomic E-state index is 0.136. The maximum atomic E-state index is 11.2. The van der Waals surface area contributed by atoms with Crippen molar-refractivity contribution in [1.29, 1.82) is 0 Å². The molecule has 0 spiro atoms. The summed E-state index contributed by atoms with van der Waals surface area (Å²) in [5, 5.41) is 9.19. The Morgan fingerprint density at radius 3 is 2.25 bits per heavy atom. The number of benzene rings is 1. The zero-order chi connectivity index (χ0) is 12.5. The van der Waals surface area contributed by atoms with Crippen molar-refractivity contribution >= 4 is 5.97 Å². The van der Waals surface area contributed by atoms with Crippen LogP contribution in [-0.2, 0) is 5.41 Å². The molecule has 0 aliphatic heterocycles. The standard InChI is InChI=1S/C13H18O3/c1-8-6-7-9(13(2,3)4)11(16-5)10(8)12(14)15/h6-7H,1-5H3,(H,14,15). The largest absolute Gasteiger partial charge is 0.496 e. The van der Waals surface area contributed by atoms with Gasteiger partial charge in [0.2, 0.25) is 0 Å². The third kappa shape index (κ3) is 2.18. The predicted molar refractivity (Wildman–Crippen MR) is 63.4 cm³/mol. The highest BCUT2D eigenvalue weighted by atomic mass is 16.5. The molecular formula is C13H18O3. The Morgan fingerprint density at radius 2 is 1.88 bits per heavy atom. The molecule has 0 atom stereocenters. The summed E-state index contributed by atoms with van der Waals surface area (Å²) in [6.07, 6.45) is 0. The van der Waals surface area contributed by atoms with Crippen LogP contribution in [0.2, 0.25) is 0 Å². The molecule has 3 nitrogen and oxygen atoms in total. The van der Waals surface area contributed by atoms with Gasteiger partial charge >= 0.3 is 5.97 Å². The van der Waals surface area contributed by atoms with Crippen LogP contribution in [0.15, 0.2) is 12.1 Å². The van der Waals surface area contributed by atoms with Crippen molar-refractivity contribution in [2.45, 2.75) is 33.1 Å². The molecule has 16 heavy (non-hydrogen) atoms. The van der Waals surface area contributed by atoms with Crippen molar-refractivity contribution in [3.8, 4) is 5.75 Å². The van der Waals surface area contributed by atoms with E-state index >= 15 is 0 Å². The normalized spacial score (nSPS) is 11.3. The first kappa shape index (κ1) is 12.6. The molecule has 0 aliphatic rings. The van der Waals surface area contributed by atoms with Gasteiger partial charge in [-0.25, -0.2) is 4.79 Å². The summed E-state index contributed by atoms with van der Waals surface area (Å²) in [6, 6.07) is 3.76. The highest BCUT2D eigenvalue weighted by molar-refractivity contribution is 5.93. The molecule has 0 fully saturated rings. The van der Waals surface area contributed by atoms with E-state index in [2.05, 4.69) is 0 Å². The van der Waals surface area contributed by atoms with Crippen LogP contribution in [0.5, 0.6) is 5.75 Å². The van der Waals surface area contributed by atoms with Crippen LogP contribution in [0.1, 0.15) is 42.3 Å². The van der Waals surface area contributed by atoms with E-state index in [1.165, 1.54) is 7.11 Å². The predicted octanol–water partition coefficient (Wildman–Crippen LogP) is 3.00. The van der Waals surface area contributed by atoms with Crippen LogP contribution < -0.4 is 4.74 Å². The van der Waals surface area contributed by atoms with Crippen molar-refractivity contribution in [2.75, 3.05) is 7.11 Å². The van der Waals surface area contributed by atoms with E-state index in [9.17, 15) is 9.90 Å². The number of rotatable bonds is 2. The van der Waals surface area contributed by atoms with Gasteiger partial charge in [0.05, 0.1) is 7.11 Å². The number of aromatic carboxylic acids is 1. The van der Waals surface area contributed by atoms with E-state index in [0.717, 1.165) is 11.1 Å². The Balaban J connectivity index is 3.56. The Hall–Kier alpha value is -1.51. The van der Waals surface area contributed by atoms with E-state index in [0.29, 0.717) is 5.75 Å². The summed E-state index contributed by atoms with van der Waals surface area (Å²) in [5.74, 6) is -0.472. The molecule has 3 heteroatoms. The molecule has 1 rings (SSSR count). The number of hydrogen-bond acceptors (Lipinski definition) is 2. The van der Waals surface area contributed by atoms with Gasteiger partial charge in [0.1, 0.15) is 11.3 Å². The van der Waals surface area contributed by atoms with Gasteiger partial charge in [-0.05, 0) is 17.9 Å². The molecule has 1 N–H and O–H groups in total. The summed E-state index contributed by atoms with van der Waals surface area (Å²) in [4.78, 5) is 11.2. The summed E-state index contributed by atoms with van der Waals surface area (Å²) in [5.41, 5.74) is 1.76. The third-order valence-electron chi connectivity index (χ3n) is 2.59. The SMILES string of the molecule is COc1c(C(C)(C)C)ccc(C)c1C(=O)O. The average Bonchev–Trinajstić information content (AvgIpc) is 2.14. The van der Waals surface area contributed by atoms with Gasteiger partial charge in [-0.1, -0.05) is 32.9 Å². The Kier molecular flexibility index (Phi) is 3.27. The maximum Gasteiger partial charge on any atom is 0.339 e. The van der Waals surface area contributed by atoms with Crippen LogP contribution in [0.25, 0.3) is 0 Å². The highest BCUT2D eigenvalue weighted by Gasteiger charge is 2.24. The van der Waals surface area contributed by atoms with Crippen molar-refractivity contribution in [2.24, 2.45) is 0 Å². The van der Waals surface area contributed by atoms with Crippen LogP contribution in [0.3, 0.4) is 0 Å². The summed E-state index contributed by atoms with van der Waals surface area (Å²) >= 11 is 0. The minimum Gasteiger partial charge on any atom is -0.496 e. The molecule has 1 aromatic rings. The van der Waals surface area contributed by atoms with Crippen molar-refractivity contribution in [3.63, 3.8) is 0 Å². The van der Waals surface area contributed by atoms with Gasteiger partial charge in [-0.3, -0.25) is 0 Å². The topological polar surface area (TPSA) is 46.5 Å². The zero-order valence-corrected chi connectivity index (χ0v) is 10.4. The molecular weight excluding hydrogens is 204 g/mol. The average molecular weight is 222 g/mol. The van der Waals surface area contributed by atoms with E-state index in [1.807, 2.05) is 32.9 Å². The number of carboxylic acids is 1. The second-order valence-corrected chi connectivity index (χ2v) is 4.89. The number of methoxy groups -OCH3 is 1. The molecule has 0 amide bonds. The first-order chi connectivity index (χ1) is 7.29. The number of aryl methyl sites for hydroxylation is 1. The van der Waals surface area contributed by atoms with Gasteiger partial charge in [0.25, 0.3) is 0 Å². The maximum absolute atomic E-state index is 11.2. The molecule has 1 aromatic carbocycles. The third-order valence-corrected chi connectivity index (χ3v) is 2.59. The number of carbonyl (C=O) groups is 1. The number of hydrogen-bond donors (Lipinski definition) is 1. The van der Waals surface area contributed by atoms with Gasteiger partial charge in [-0.15, -0.1) is 0 Å². The van der Waals surface area contributed by atoms with Crippen LogP contribution in [0.4, 0.5) is 0 Å². The molecule has 0 aliphatic carbocycles. The summed E-state index contributed by atoms with van der Waals surface area (Å²) in [7, 11) is 1.51. The second kappa shape index (κ2) is 4.16. The van der Waals surface area contributed by atoms with Crippen molar-refractivity contribution < 1.29 is 14.6 Å². The number of ether oxygens (including phenoxy) is 1. The number of carboxylic acid groups (broad SMARTS) is 1. The lowest BCUT2D eigenvalue weighted by Crippen LogP contribution is -2.16. The molecule has 88 valence electrons. The fraction of sp³-hybridized carbons (Fsp3) is 0.462. The Morgan fingerprint density at radius 1 is 1.31 bits per heavy atom. The summed E-state index contributed by atoms with van der Waals surface area (Å²) in [6.45, 7) is 7.88. The van der Waals surface area contributed by atoms with Gasteiger partial charge in [0, 0.05) is 5.56 Å². The molecule has 0 saturated heterocycles. The molecule has 0 aromatic heterocycles. The van der Waals surface area contributed by atoms with E-state index < -0.39 is 5.97 Å². The summed E-state index contributed by atoms with van der Waals surface area (Å²) < 4.78 is 5.26. The van der Waals surface area contributed by atoms with Gasteiger partial charge < -0.3 is 9.84 Å². The molecule has 0 bridgehead atoms. The molecule has 0 unspecified atom stereocenters. The minimum atomic E-state index is -0.944. The Bertz CT molecular complexity index is 414. The van der Waals surface area contributed by atoms with Gasteiger partial charge in [0.15, 0.2) is 0 Å². The fourth-order valence-electron chi connectivity index (χ4n) is 1.75. The lowest BCUT2D eigenvalue weighted by atomic mass is 9.84. The van der Waals surface area contributed by atoms with Crippen molar-refractivity contribution in [3.05, 3.63) is 28.8 Å². The lowest BCUT2D eigenvalue weighted by molar-refractivity contribution is 0.0692. The zero-order valence-electron chi connectivity index (χ0n) is 10.4. The monoisotopic (exact) mass is 222 g/mol. The van der Waals surface area contributed by atoms with Crippen LogP contribution in [0, 0.1) is 6.92 Å². The van der Waals surface area contributed by atoms with E-state index in [-0.39, 0.29) is 11.0 Å². The first-order valence-electron chi connectivity index (χ1n) is 5.20. The molecule has 0 heterocycles. The fourth-order valence-corrected chi connectivity index (χ4v) is 1.75. The van der Waals surface area contributed by atoms with Gasteiger partial charge in [-0.2, -0.15) is 0 Å². The first-order valence-corrected chi connectivity index (χ1v) is 5.20. The van der Waals surface area contributed by atoms with E-state index in [4.69, 9.17) is 4.74 Å². The molecule has 0 radical (unpaired) electrons. The lowest BCUT2D eigenvalue weighted by Gasteiger charge is -2.23. The highest BCUT2D eigenvalue weighted by Crippen LogP contribution is 2.35. The Labute approximate surface area is 96.1 Å². The van der Waals surface area contributed by atoms with Crippen LogP contribution in [-0.4, -0.2) is 18.2 Å². The second-order valence-electron chi connectivity index (χ2n) is 4.89. The smallest absolute Gasteiger partial charge is 0.339 e.